The quantitative estimate of drug-likeness (QED) is 0.844. The second-order valence-corrected chi connectivity index (χ2v) is 7.66. The highest BCUT2D eigenvalue weighted by atomic mass is 32.2. The van der Waals surface area contributed by atoms with Crippen molar-refractivity contribution in [2.45, 2.75) is 23.1 Å². The van der Waals surface area contributed by atoms with E-state index >= 15 is 0 Å². The molecule has 3 atom stereocenters. The van der Waals surface area contributed by atoms with Crippen LogP contribution in [0.1, 0.15) is 23.3 Å². The van der Waals surface area contributed by atoms with Crippen molar-refractivity contribution in [1.29, 1.82) is 0 Å². The number of ether oxygens (including phenoxy) is 2. The molecule has 23 heavy (non-hydrogen) atoms. The molecule has 1 aromatic heterocycles. The Morgan fingerprint density at radius 1 is 1.43 bits per heavy atom. The van der Waals surface area contributed by atoms with Crippen LogP contribution in [0.5, 0.6) is 5.75 Å². The topological polar surface area (TPSA) is 68.4 Å². The second-order valence-electron chi connectivity index (χ2n) is 5.49. The van der Waals surface area contributed by atoms with E-state index in [1.807, 2.05) is 24.3 Å². The number of H-pyrrole nitrogens is 1. The summed E-state index contributed by atoms with van der Waals surface area (Å²) >= 11 is 2.61. The van der Waals surface area contributed by atoms with E-state index in [-0.39, 0.29) is 27.9 Å². The molecule has 0 saturated carbocycles. The molecular weight excluding hydrogens is 334 g/mol. The molecule has 0 aliphatic carbocycles. The summed E-state index contributed by atoms with van der Waals surface area (Å²) in [7, 11) is 0. The van der Waals surface area contributed by atoms with Crippen molar-refractivity contribution >= 4 is 29.1 Å². The number of hydrogen-bond acceptors (Lipinski definition) is 6. The molecule has 1 N–H and O–H groups in total. The smallest absolute Gasteiger partial charge is 0.319 e. The number of esters is 1. The molecule has 2 aliphatic rings. The SMILES string of the molecule is CCOC(=O)[C@@H]1Sc2[nH]c(=O)sc2[C@@H]2c3ccccc3OC[C@H]21. The number of rotatable bonds is 2. The summed E-state index contributed by atoms with van der Waals surface area (Å²) in [6, 6.07) is 7.83. The Labute approximate surface area is 141 Å². The third-order valence-corrected chi connectivity index (χ3v) is 6.64. The van der Waals surface area contributed by atoms with E-state index < -0.39 is 0 Å². The normalized spacial score (nSPS) is 24.8. The number of thioether (sulfide) groups is 1. The lowest BCUT2D eigenvalue weighted by atomic mass is 9.80. The summed E-state index contributed by atoms with van der Waals surface area (Å²) in [5.41, 5.74) is 1.04. The highest BCUT2D eigenvalue weighted by Crippen LogP contribution is 2.53. The van der Waals surface area contributed by atoms with Crippen LogP contribution in [-0.4, -0.2) is 29.4 Å². The van der Waals surface area contributed by atoms with Crippen molar-refractivity contribution in [3.63, 3.8) is 0 Å². The van der Waals surface area contributed by atoms with Crippen molar-refractivity contribution < 1.29 is 14.3 Å². The van der Waals surface area contributed by atoms with Crippen molar-refractivity contribution in [1.82, 2.24) is 4.98 Å². The largest absolute Gasteiger partial charge is 0.493 e. The maximum absolute atomic E-state index is 12.4. The molecule has 3 heterocycles. The van der Waals surface area contributed by atoms with Gasteiger partial charge in [-0.15, -0.1) is 0 Å². The van der Waals surface area contributed by atoms with Crippen LogP contribution >= 0.6 is 23.1 Å². The molecule has 1 aromatic carbocycles. The summed E-state index contributed by atoms with van der Waals surface area (Å²) in [6.07, 6.45) is 0. The van der Waals surface area contributed by atoms with E-state index in [4.69, 9.17) is 9.47 Å². The van der Waals surface area contributed by atoms with Crippen LogP contribution in [0.15, 0.2) is 34.1 Å². The van der Waals surface area contributed by atoms with Gasteiger partial charge >= 0.3 is 10.8 Å². The highest BCUT2D eigenvalue weighted by molar-refractivity contribution is 8.00. The van der Waals surface area contributed by atoms with Gasteiger partial charge in [-0.3, -0.25) is 9.59 Å². The summed E-state index contributed by atoms with van der Waals surface area (Å²) in [5, 5.41) is 0.419. The molecule has 4 rings (SSSR count). The van der Waals surface area contributed by atoms with Crippen molar-refractivity contribution in [2.75, 3.05) is 13.2 Å². The van der Waals surface area contributed by atoms with Crippen molar-refractivity contribution in [3.05, 3.63) is 44.4 Å². The number of aromatic amines is 1. The summed E-state index contributed by atoms with van der Waals surface area (Å²) in [4.78, 5) is 28.0. The molecule has 0 spiro atoms. The van der Waals surface area contributed by atoms with E-state index in [9.17, 15) is 9.59 Å². The number of aromatic nitrogens is 1. The van der Waals surface area contributed by atoms with Crippen molar-refractivity contribution in [3.8, 4) is 5.75 Å². The Balaban J connectivity index is 1.85. The Kier molecular flexibility index (Phi) is 3.69. The van der Waals surface area contributed by atoms with Crippen LogP contribution < -0.4 is 9.61 Å². The van der Waals surface area contributed by atoms with Crippen LogP contribution in [0.3, 0.4) is 0 Å². The lowest BCUT2D eigenvalue weighted by Crippen LogP contribution is -2.41. The molecule has 2 aliphatic heterocycles. The Morgan fingerprint density at radius 3 is 3.09 bits per heavy atom. The minimum Gasteiger partial charge on any atom is -0.493 e. The fraction of sp³-hybridized carbons (Fsp3) is 0.375. The molecule has 0 unspecified atom stereocenters. The van der Waals surface area contributed by atoms with Crippen LogP contribution in [0.4, 0.5) is 0 Å². The zero-order valence-electron chi connectivity index (χ0n) is 12.4. The highest BCUT2D eigenvalue weighted by Gasteiger charge is 2.47. The van der Waals surface area contributed by atoms with Crippen LogP contribution in [0.2, 0.25) is 0 Å². The van der Waals surface area contributed by atoms with Gasteiger partial charge in [-0.1, -0.05) is 41.3 Å². The number of carbonyl (C=O) groups is 1. The van der Waals surface area contributed by atoms with Gasteiger partial charge in [0.2, 0.25) is 0 Å². The van der Waals surface area contributed by atoms with E-state index in [0.29, 0.717) is 13.2 Å². The number of hydrogen-bond donors (Lipinski definition) is 1. The third-order valence-electron chi connectivity index (χ3n) is 4.19. The lowest BCUT2D eigenvalue weighted by Gasteiger charge is -2.39. The van der Waals surface area contributed by atoms with E-state index in [0.717, 1.165) is 21.2 Å². The molecule has 7 heteroatoms. The fourth-order valence-electron chi connectivity index (χ4n) is 3.26. The minimum absolute atomic E-state index is 0.00504. The van der Waals surface area contributed by atoms with Crippen molar-refractivity contribution in [2.24, 2.45) is 5.92 Å². The summed E-state index contributed by atoms with van der Waals surface area (Å²) in [6.45, 7) is 2.59. The van der Waals surface area contributed by atoms with Gasteiger partial charge < -0.3 is 14.5 Å². The fourth-order valence-corrected chi connectivity index (χ4v) is 5.74. The first-order valence-corrected chi connectivity index (χ1v) is 9.16. The first-order valence-electron chi connectivity index (χ1n) is 7.47. The van der Waals surface area contributed by atoms with Gasteiger partial charge in [0.1, 0.15) is 11.0 Å². The molecule has 0 saturated heterocycles. The van der Waals surface area contributed by atoms with Gasteiger partial charge in [0.25, 0.3) is 0 Å². The maximum atomic E-state index is 12.4. The van der Waals surface area contributed by atoms with Gasteiger partial charge in [0, 0.05) is 22.3 Å². The predicted molar refractivity (Wildman–Crippen MR) is 88.5 cm³/mol. The minimum atomic E-state index is -0.369. The van der Waals surface area contributed by atoms with Gasteiger partial charge in [0.05, 0.1) is 18.2 Å². The van der Waals surface area contributed by atoms with Gasteiger partial charge in [-0.25, -0.2) is 0 Å². The average Bonchev–Trinajstić information content (AvgIpc) is 2.93. The zero-order valence-corrected chi connectivity index (χ0v) is 14.0. The number of nitrogens with one attached hydrogen (secondary N) is 1. The maximum Gasteiger partial charge on any atom is 0.319 e. The predicted octanol–water partition coefficient (Wildman–Crippen LogP) is 2.61. The van der Waals surface area contributed by atoms with Gasteiger partial charge in [-0.2, -0.15) is 0 Å². The Morgan fingerprint density at radius 2 is 2.26 bits per heavy atom. The van der Waals surface area contributed by atoms with E-state index in [1.165, 1.54) is 23.1 Å². The Hall–Kier alpha value is -1.73. The number of thiazole rings is 1. The van der Waals surface area contributed by atoms with E-state index in [2.05, 4.69) is 4.98 Å². The van der Waals surface area contributed by atoms with Gasteiger partial charge in [0.15, 0.2) is 0 Å². The molecule has 0 amide bonds. The lowest BCUT2D eigenvalue weighted by molar-refractivity contribution is -0.144. The number of fused-ring (bicyclic) bond motifs is 5. The first kappa shape index (κ1) is 14.8. The number of para-hydroxylation sites is 1. The molecule has 5 nitrogen and oxygen atoms in total. The Bertz CT molecular complexity index is 812. The third kappa shape index (κ3) is 2.38. The summed E-state index contributed by atoms with van der Waals surface area (Å²) < 4.78 is 11.1. The molecule has 0 bridgehead atoms. The monoisotopic (exact) mass is 349 g/mol. The molecular formula is C16H15NO4S2. The van der Waals surface area contributed by atoms with Crippen LogP contribution in [0.25, 0.3) is 0 Å². The molecule has 0 radical (unpaired) electrons. The first-order chi connectivity index (χ1) is 11.2. The van der Waals surface area contributed by atoms with Crippen LogP contribution in [0, 0.1) is 5.92 Å². The van der Waals surface area contributed by atoms with Gasteiger partial charge in [-0.05, 0) is 13.0 Å². The molecule has 2 aromatic rings. The summed E-state index contributed by atoms with van der Waals surface area (Å²) in [5.74, 6) is 0.547. The van der Waals surface area contributed by atoms with E-state index in [1.54, 1.807) is 6.92 Å². The van der Waals surface area contributed by atoms with Crippen LogP contribution in [-0.2, 0) is 9.53 Å². The zero-order chi connectivity index (χ0) is 16.0. The molecule has 120 valence electrons. The number of carbonyl (C=O) groups excluding carboxylic acids is 1. The molecule has 0 fully saturated rings. The number of benzene rings is 1. The second kappa shape index (κ2) is 5.72. The standard InChI is InChI=1S/C16H15NO4S2/c1-2-20-15(18)12-9-7-21-10-6-4-3-5-8(10)11(9)13-14(22-12)17-16(19)23-13/h3-6,9,11-12H,2,7H2,1H3,(H,17,19)/t9-,11-,12-/m1/s1. The average molecular weight is 349 g/mol.